The van der Waals surface area contributed by atoms with Crippen molar-refractivity contribution in [1.82, 2.24) is 9.78 Å². The summed E-state index contributed by atoms with van der Waals surface area (Å²) in [6.07, 6.45) is 1.54. The monoisotopic (exact) mass is 168 g/mol. The van der Waals surface area contributed by atoms with E-state index in [0.29, 0.717) is 12.3 Å². The molecule has 0 spiro atoms. The fraction of sp³-hybridized carbons (Fsp3) is 0.500. The van der Waals surface area contributed by atoms with Gasteiger partial charge in [-0.2, -0.15) is 5.10 Å². The molecule has 0 saturated heterocycles. The van der Waals surface area contributed by atoms with Crippen molar-refractivity contribution in [3.8, 4) is 0 Å². The summed E-state index contributed by atoms with van der Waals surface area (Å²) in [5.74, 6) is 0. The van der Waals surface area contributed by atoms with E-state index in [1.54, 1.807) is 24.9 Å². The summed E-state index contributed by atoms with van der Waals surface area (Å²) in [5.41, 5.74) is 1.49. The molecule has 0 bridgehead atoms. The molecule has 0 atom stereocenters. The second-order valence-corrected chi connectivity index (χ2v) is 2.54. The fourth-order valence-corrected chi connectivity index (χ4v) is 0.982. The molecule has 1 rings (SSSR count). The molecule has 1 aromatic heterocycles. The van der Waals surface area contributed by atoms with Crippen LogP contribution in [-0.4, -0.2) is 29.8 Å². The molecule has 0 aliphatic rings. The lowest BCUT2D eigenvalue weighted by Gasteiger charge is -1.92. The molecule has 12 heavy (non-hydrogen) atoms. The lowest BCUT2D eigenvalue weighted by molar-refractivity contribution is 0.111. The minimum Gasteiger partial charge on any atom is -0.384 e. The minimum absolute atomic E-state index is 0.598. The van der Waals surface area contributed by atoms with Gasteiger partial charge in [-0.1, -0.05) is 0 Å². The summed E-state index contributed by atoms with van der Waals surface area (Å²) < 4.78 is 6.46. The van der Waals surface area contributed by atoms with Gasteiger partial charge in [-0.25, -0.2) is 0 Å². The van der Waals surface area contributed by atoms with Gasteiger partial charge in [0, 0.05) is 20.6 Å². The zero-order valence-electron chi connectivity index (χ0n) is 7.28. The van der Waals surface area contributed by atoms with Crippen molar-refractivity contribution in [1.29, 1.82) is 0 Å². The van der Waals surface area contributed by atoms with Gasteiger partial charge in [0.2, 0.25) is 0 Å². The van der Waals surface area contributed by atoms with Crippen LogP contribution in [0.1, 0.15) is 16.2 Å². The summed E-state index contributed by atoms with van der Waals surface area (Å²) in [6, 6.07) is 1.77. The Hall–Kier alpha value is -1.16. The number of aryl methyl sites for hydroxylation is 1. The first-order valence-corrected chi connectivity index (χ1v) is 3.75. The van der Waals surface area contributed by atoms with E-state index >= 15 is 0 Å². The number of hydrogen-bond donors (Lipinski definition) is 0. The molecule has 66 valence electrons. The Kier molecular flexibility index (Phi) is 2.99. The van der Waals surface area contributed by atoms with Crippen molar-refractivity contribution < 1.29 is 9.53 Å². The number of nitrogens with zero attached hydrogens (tertiary/aromatic N) is 2. The second-order valence-electron chi connectivity index (χ2n) is 2.54. The Labute approximate surface area is 71.1 Å². The molecule has 1 aromatic rings. The maximum atomic E-state index is 10.4. The highest BCUT2D eigenvalue weighted by molar-refractivity contribution is 5.72. The number of carbonyl (C=O) groups is 1. The van der Waals surface area contributed by atoms with Gasteiger partial charge in [-0.05, 0) is 6.07 Å². The third kappa shape index (κ3) is 1.92. The highest BCUT2D eigenvalue weighted by Crippen LogP contribution is 2.00. The Morgan fingerprint density at radius 2 is 2.50 bits per heavy atom. The second kappa shape index (κ2) is 4.01. The number of hydrogen-bond acceptors (Lipinski definition) is 3. The molecule has 4 nitrogen and oxygen atoms in total. The summed E-state index contributed by atoms with van der Waals surface area (Å²) in [4.78, 5) is 10.4. The molecule has 0 amide bonds. The van der Waals surface area contributed by atoms with E-state index in [-0.39, 0.29) is 0 Å². The molecule has 4 heteroatoms. The largest absolute Gasteiger partial charge is 0.384 e. The van der Waals surface area contributed by atoms with Crippen molar-refractivity contribution in [2.75, 3.05) is 13.7 Å². The molecule has 0 aliphatic heterocycles. The SMILES string of the molecule is COCCc1cc(C=O)n(C)n1. The summed E-state index contributed by atoms with van der Waals surface area (Å²) in [6.45, 7) is 0.634. The van der Waals surface area contributed by atoms with Crippen LogP contribution in [-0.2, 0) is 18.2 Å². The van der Waals surface area contributed by atoms with Gasteiger partial charge < -0.3 is 4.74 Å². The smallest absolute Gasteiger partial charge is 0.168 e. The normalized spacial score (nSPS) is 10.2. The van der Waals surface area contributed by atoms with Crippen molar-refractivity contribution in [2.45, 2.75) is 6.42 Å². The van der Waals surface area contributed by atoms with E-state index in [1.165, 1.54) is 0 Å². The first-order valence-electron chi connectivity index (χ1n) is 3.75. The standard InChI is InChI=1S/C8H12N2O2/c1-10-8(6-11)5-7(9-10)3-4-12-2/h5-6H,3-4H2,1-2H3. The van der Waals surface area contributed by atoms with Crippen LogP contribution in [0.25, 0.3) is 0 Å². The lowest BCUT2D eigenvalue weighted by Crippen LogP contribution is -1.98. The molecule has 1 heterocycles. The van der Waals surface area contributed by atoms with Gasteiger partial charge in [0.1, 0.15) is 5.69 Å². The van der Waals surface area contributed by atoms with Crippen LogP contribution in [0, 0.1) is 0 Å². The van der Waals surface area contributed by atoms with Gasteiger partial charge in [0.15, 0.2) is 6.29 Å². The predicted octanol–water partition coefficient (Wildman–Crippen LogP) is 0.422. The first kappa shape index (κ1) is 8.93. The van der Waals surface area contributed by atoms with Crippen LogP contribution < -0.4 is 0 Å². The zero-order chi connectivity index (χ0) is 8.97. The maximum Gasteiger partial charge on any atom is 0.168 e. The maximum absolute atomic E-state index is 10.4. The Morgan fingerprint density at radius 3 is 3.00 bits per heavy atom. The molecule has 0 aliphatic carbocycles. The number of methoxy groups -OCH3 is 1. The number of aromatic nitrogens is 2. The molecule has 0 saturated carbocycles. The number of rotatable bonds is 4. The highest BCUT2D eigenvalue weighted by Gasteiger charge is 2.02. The third-order valence-electron chi connectivity index (χ3n) is 1.65. The Balaban J connectivity index is 2.68. The van der Waals surface area contributed by atoms with E-state index < -0.39 is 0 Å². The first-order chi connectivity index (χ1) is 5.77. The van der Waals surface area contributed by atoms with Crippen molar-refractivity contribution in [3.63, 3.8) is 0 Å². The van der Waals surface area contributed by atoms with E-state index in [1.807, 2.05) is 0 Å². The number of aldehydes is 1. The molecule has 0 radical (unpaired) electrons. The zero-order valence-corrected chi connectivity index (χ0v) is 7.28. The van der Waals surface area contributed by atoms with Crippen LogP contribution in [0.3, 0.4) is 0 Å². The van der Waals surface area contributed by atoms with Crippen molar-refractivity contribution in [2.24, 2.45) is 7.05 Å². The average Bonchev–Trinajstić information content (AvgIpc) is 2.43. The Bertz CT molecular complexity index is 268. The van der Waals surface area contributed by atoms with E-state index in [0.717, 1.165) is 18.4 Å². The third-order valence-corrected chi connectivity index (χ3v) is 1.65. The quantitative estimate of drug-likeness (QED) is 0.612. The van der Waals surface area contributed by atoms with Crippen molar-refractivity contribution >= 4 is 6.29 Å². The summed E-state index contributed by atoms with van der Waals surface area (Å²) in [7, 11) is 3.39. The van der Waals surface area contributed by atoms with Gasteiger partial charge in [-0.3, -0.25) is 9.48 Å². The number of carbonyl (C=O) groups excluding carboxylic acids is 1. The Morgan fingerprint density at radius 1 is 1.75 bits per heavy atom. The minimum atomic E-state index is 0.598. The highest BCUT2D eigenvalue weighted by atomic mass is 16.5. The fourth-order valence-electron chi connectivity index (χ4n) is 0.982. The van der Waals surface area contributed by atoms with E-state index in [9.17, 15) is 4.79 Å². The molecular formula is C8H12N2O2. The van der Waals surface area contributed by atoms with Crippen LogP contribution in [0.5, 0.6) is 0 Å². The predicted molar refractivity (Wildman–Crippen MR) is 44.2 cm³/mol. The number of ether oxygens (including phenoxy) is 1. The van der Waals surface area contributed by atoms with Gasteiger partial charge in [-0.15, -0.1) is 0 Å². The van der Waals surface area contributed by atoms with E-state index in [4.69, 9.17) is 4.74 Å². The van der Waals surface area contributed by atoms with Gasteiger partial charge in [0.05, 0.1) is 12.3 Å². The van der Waals surface area contributed by atoms with Gasteiger partial charge >= 0.3 is 0 Å². The van der Waals surface area contributed by atoms with Crippen LogP contribution in [0.4, 0.5) is 0 Å². The van der Waals surface area contributed by atoms with Crippen LogP contribution in [0.2, 0.25) is 0 Å². The molecular weight excluding hydrogens is 156 g/mol. The van der Waals surface area contributed by atoms with Crippen molar-refractivity contribution in [3.05, 3.63) is 17.5 Å². The summed E-state index contributed by atoms with van der Waals surface area (Å²) >= 11 is 0. The molecule has 0 unspecified atom stereocenters. The summed E-state index contributed by atoms with van der Waals surface area (Å²) in [5, 5.41) is 4.12. The molecule has 0 aromatic carbocycles. The average molecular weight is 168 g/mol. The topological polar surface area (TPSA) is 44.1 Å². The lowest BCUT2D eigenvalue weighted by atomic mass is 10.3. The van der Waals surface area contributed by atoms with Crippen LogP contribution >= 0.6 is 0 Å². The molecule has 0 fully saturated rings. The van der Waals surface area contributed by atoms with E-state index in [2.05, 4.69) is 5.10 Å². The van der Waals surface area contributed by atoms with Gasteiger partial charge in [0.25, 0.3) is 0 Å². The van der Waals surface area contributed by atoms with Crippen LogP contribution in [0.15, 0.2) is 6.07 Å². The molecule has 0 N–H and O–H groups in total.